The molecule has 0 fully saturated rings. The number of aliphatic carboxylic acids is 2. The Bertz CT molecular complexity index is 384. The van der Waals surface area contributed by atoms with Gasteiger partial charge in [0.1, 0.15) is 12.2 Å². The van der Waals surface area contributed by atoms with Crippen molar-refractivity contribution in [1.29, 1.82) is 0 Å². The van der Waals surface area contributed by atoms with Crippen molar-refractivity contribution in [2.24, 2.45) is 0 Å². The molecule has 0 aliphatic carbocycles. The molecule has 0 bridgehead atoms. The first kappa shape index (κ1) is 35.4. The fourth-order valence-electron chi connectivity index (χ4n) is 2.71. The summed E-state index contributed by atoms with van der Waals surface area (Å²) in [5.41, 5.74) is 0. The van der Waals surface area contributed by atoms with Gasteiger partial charge in [-0.2, -0.15) is 0 Å². The summed E-state index contributed by atoms with van der Waals surface area (Å²) >= 11 is 0. The Labute approximate surface area is 194 Å². The predicted octanol–water partition coefficient (Wildman–Crippen LogP) is 4.12. The molecule has 32 heavy (non-hydrogen) atoms. The highest BCUT2D eigenvalue weighted by atomic mass is 16.4. The second-order valence-corrected chi connectivity index (χ2v) is 8.13. The molecule has 0 aliphatic rings. The summed E-state index contributed by atoms with van der Waals surface area (Å²) in [6, 6.07) is 0. The second kappa shape index (κ2) is 29.8. The standard InChI is InChI=1S/C18H36O2.C3H8O3.C3H6O3/c1-2-3-4-5-6-7-8-9-10-11-12-13-14-15-16-17-18(19)20;4-1-3(6)2-5;1-2(4)3(5)6/h2-17H2,1H3,(H,19,20);3-6H,1-2H2;2,4H,1H3,(H,5,6). The molecule has 194 valence electrons. The molecule has 0 heterocycles. The Morgan fingerprint density at radius 1 is 0.625 bits per heavy atom. The molecule has 0 aromatic heterocycles. The van der Waals surface area contributed by atoms with Gasteiger partial charge >= 0.3 is 11.9 Å². The third-order valence-corrected chi connectivity index (χ3v) is 4.77. The summed E-state index contributed by atoms with van der Waals surface area (Å²) < 4.78 is 0. The van der Waals surface area contributed by atoms with Gasteiger partial charge in [-0.15, -0.1) is 0 Å². The number of carbonyl (C=O) groups is 2. The van der Waals surface area contributed by atoms with Crippen LogP contribution in [0, 0.1) is 0 Å². The molecular formula is C24H50O8. The maximum absolute atomic E-state index is 10.3. The van der Waals surface area contributed by atoms with Crippen molar-refractivity contribution in [2.75, 3.05) is 13.2 Å². The van der Waals surface area contributed by atoms with Gasteiger partial charge in [0, 0.05) is 6.42 Å². The first-order valence-corrected chi connectivity index (χ1v) is 12.2. The van der Waals surface area contributed by atoms with Crippen LogP contribution in [0.25, 0.3) is 0 Å². The van der Waals surface area contributed by atoms with Crippen LogP contribution in [-0.4, -0.2) is 68.0 Å². The zero-order valence-electron chi connectivity index (χ0n) is 20.4. The van der Waals surface area contributed by atoms with Crippen molar-refractivity contribution in [1.82, 2.24) is 0 Å². The summed E-state index contributed by atoms with van der Waals surface area (Å²) in [6.45, 7) is 2.74. The summed E-state index contributed by atoms with van der Waals surface area (Å²) in [7, 11) is 0. The molecule has 0 radical (unpaired) electrons. The third kappa shape index (κ3) is 39.3. The van der Waals surface area contributed by atoms with Crippen molar-refractivity contribution < 1.29 is 40.2 Å². The number of hydrogen-bond acceptors (Lipinski definition) is 6. The van der Waals surface area contributed by atoms with Crippen LogP contribution in [0.3, 0.4) is 0 Å². The number of carboxylic acid groups (broad SMARTS) is 2. The molecule has 8 heteroatoms. The lowest BCUT2D eigenvalue weighted by Gasteiger charge is -2.03. The summed E-state index contributed by atoms with van der Waals surface area (Å²) in [6.07, 6.45) is 18.0. The fourth-order valence-corrected chi connectivity index (χ4v) is 2.71. The van der Waals surface area contributed by atoms with Crippen LogP contribution in [0.5, 0.6) is 0 Å². The van der Waals surface area contributed by atoms with Gasteiger partial charge in [0.15, 0.2) is 0 Å². The van der Waals surface area contributed by atoms with Crippen LogP contribution in [0.1, 0.15) is 117 Å². The van der Waals surface area contributed by atoms with Gasteiger partial charge in [0.05, 0.1) is 13.2 Å². The van der Waals surface area contributed by atoms with E-state index in [0.29, 0.717) is 6.42 Å². The van der Waals surface area contributed by atoms with E-state index >= 15 is 0 Å². The quantitative estimate of drug-likeness (QED) is 0.155. The van der Waals surface area contributed by atoms with Crippen molar-refractivity contribution in [3.63, 3.8) is 0 Å². The average molecular weight is 467 g/mol. The molecular weight excluding hydrogens is 416 g/mol. The zero-order chi connectivity index (χ0) is 25.0. The third-order valence-electron chi connectivity index (χ3n) is 4.77. The number of hydrogen-bond donors (Lipinski definition) is 6. The average Bonchev–Trinajstić information content (AvgIpc) is 2.76. The van der Waals surface area contributed by atoms with Crippen molar-refractivity contribution >= 4 is 11.9 Å². The predicted molar refractivity (Wildman–Crippen MR) is 127 cm³/mol. The molecule has 0 aromatic rings. The van der Waals surface area contributed by atoms with Crippen LogP contribution >= 0.6 is 0 Å². The molecule has 1 atom stereocenters. The molecule has 0 aromatic carbocycles. The molecule has 6 N–H and O–H groups in total. The van der Waals surface area contributed by atoms with E-state index in [2.05, 4.69) is 6.92 Å². The van der Waals surface area contributed by atoms with Crippen molar-refractivity contribution in [3.8, 4) is 0 Å². The highest BCUT2D eigenvalue weighted by molar-refractivity contribution is 5.71. The Morgan fingerprint density at radius 2 is 0.906 bits per heavy atom. The lowest BCUT2D eigenvalue weighted by molar-refractivity contribution is -0.145. The van der Waals surface area contributed by atoms with Crippen LogP contribution in [-0.2, 0) is 9.59 Å². The van der Waals surface area contributed by atoms with Crippen molar-refractivity contribution in [3.05, 3.63) is 0 Å². The van der Waals surface area contributed by atoms with E-state index in [4.69, 9.17) is 30.6 Å². The SMILES string of the molecule is CC(O)C(=O)O.CCCCCCCCCCCCCCCCCC(=O)O.OCC(O)CO. The minimum Gasteiger partial charge on any atom is -0.481 e. The van der Waals surface area contributed by atoms with Gasteiger partial charge < -0.3 is 30.6 Å². The highest BCUT2D eigenvalue weighted by Crippen LogP contribution is 2.13. The van der Waals surface area contributed by atoms with Gasteiger partial charge in [-0.25, -0.2) is 4.79 Å². The van der Waals surface area contributed by atoms with E-state index in [-0.39, 0.29) is 13.2 Å². The number of unbranched alkanes of at least 4 members (excludes halogenated alkanes) is 14. The Hall–Kier alpha value is -1.22. The highest BCUT2D eigenvalue weighted by Gasteiger charge is 2.01. The van der Waals surface area contributed by atoms with Crippen LogP contribution < -0.4 is 0 Å². The monoisotopic (exact) mass is 466 g/mol. The number of rotatable bonds is 19. The first-order valence-electron chi connectivity index (χ1n) is 12.2. The smallest absolute Gasteiger partial charge is 0.332 e. The van der Waals surface area contributed by atoms with Gasteiger partial charge in [-0.1, -0.05) is 96.8 Å². The molecule has 8 nitrogen and oxygen atoms in total. The number of carboxylic acids is 2. The number of aliphatic hydroxyl groups is 4. The van der Waals surface area contributed by atoms with Gasteiger partial charge in [-0.05, 0) is 13.3 Å². The normalized spacial score (nSPS) is 11.2. The Balaban J connectivity index is -0.000000571. The van der Waals surface area contributed by atoms with Crippen LogP contribution in [0.15, 0.2) is 0 Å². The molecule has 0 saturated heterocycles. The lowest BCUT2D eigenvalue weighted by atomic mass is 10.0. The Kier molecular flexibility index (Phi) is 32.9. The first-order chi connectivity index (χ1) is 15.2. The largest absolute Gasteiger partial charge is 0.481 e. The number of aliphatic hydroxyl groups excluding tert-OH is 4. The molecule has 0 amide bonds. The fraction of sp³-hybridized carbons (Fsp3) is 0.917. The molecule has 0 aliphatic heterocycles. The molecule has 0 spiro atoms. The molecule has 1 unspecified atom stereocenters. The maximum atomic E-state index is 10.3. The summed E-state index contributed by atoms with van der Waals surface area (Å²) in [4.78, 5) is 19.8. The van der Waals surface area contributed by atoms with Crippen LogP contribution in [0.2, 0.25) is 0 Å². The van der Waals surface area contributed by atoms with E-state index in [1.54, 1.807) is 0 Å². The van der Waals surface area contributed by atoms with E-state index in [9.17, 15) is 9.59 Å². The Morgan fingerprint density at radius 3 is 1.09 bits per heavy atom. The van der Waals surface area contributed by atoms with E-state index in [1.165, 1.54) is 90.4 Å². The van der Waals surface area contributed by atoms with E-state index in [1.807, 2.05) is 0 Å². The van der Waals surface area contributed by atoms with Gasteiger partial charge in [-0.3, -0.25) is 4.79 Å². The molecule has 0 rings (SSSR count). The van der Waals surface area contributed by atoms with Crippen LogP contribution in [0.4, 0.5) is 0 Å². The topological polar surface area (TPSA) is 156 Å². The summed E-state index contributed by atoms with van der Waals surface area (Å²) in [5, 5.41) is 48.3. The van der Waals surface area contributed by atoms with E-state index in [0.717, 1.165) is 12.8 Å². The zero-order valence-corrected chi connectivity index (χ0v) is 20.4. The minimum atomic E-state index is -1.23. The van der Waals surface area contributed by atoms with E-state index < -0.39 is 24.1 Å². The maximum Gasteiger partial charge on any atom is 0.332 e. The minimum absolute atomic E-state index is 0.345. The van der Waals surface area contributed by atoms with Crippen molar-refractivity contribution in [2.45, 2.75) is 129 Å². The van der Waals surface area contributed by atoms with Gasteiger partial charge in [0.25, 0.3) is 0 Å². The van der Waals surface area contributed by atoms with Gasteiger partial charge in [0.2, 0.25) is 0 Å². The molecule has 0 saturated carbocycles. The summed E-state index contributed by atoms with van der Waals surface area (Å²) in [5.74, 6) is -1.84. The lowest BCUT2D eigenvalue weighted by Crippen LogP contribution is -2.15. The second-order valence-electron chi connectivity index (χ2n) is 8.13.